The van der Waals surface area contributed by atoms with Crippen molar-refractivity contribution in [3.8, 4) is 11.8 Å². The highest BCUT2D eigenvalue weighted by Crippen LogP contribution is 2.20. The zero-order valence-electron chi connectivity index (χ0n) is 15.1. The lowest BCUT2D eigenvalue weighted by atomic mass is 10.1. The number of nitrogens with zero attached hydrogens (tertiary/aromatic N) is 2. The van der Waals surface area contributed by atoms with Crippen LogP contribution in [0.4, 0.5) is 5.69 Å². The number of ether oxygens (including phenoxy) is 1. The van der Waals surface area contributed by atoms with Gasteiger partial charge in [0, 0.05) is 5.69 Å². The fourth-order valence-electron chi connectivity index (χ4n) is 2.73. The van der Waals surface area contributed by atoms with E-state index in [2.05, 4.69) is 6.07 Å². The molecule has 0 aromatic heterocycles. The maximum absolute atomic E-state index is 12.9. The number of rotatable bonds is 6. The van der Waals surface area contributed by atoms with E-state index in [1.807, 2.05) is 61.5 Å². The molecule has 0 aliphatic rings. The van der Waals surface area contributed by atoms with Gasteiger partial charge < -0.3 is 9.64 Å². The van der Waals surface area contributed by atoms with Crippen LogP contribution >= 0.6 is 0 Å². The van der Waals surface area contributed by atoms with Crippen molar-refractivity contribution >= 4 is 11.6 Å². The van der Waals surface area contributed by atoms with Gasteiger partial charge in [-0.1, -0.05) is 42.5 Å². The minimum atomic E-state index is -0.131. The summed E-state index contributed by atoms with van der Waals surface area (Å²) in [5.74, 6) is 0.431. The van der Waals surface area contributed by atoms with Crippen molar-refractivity contribution in [3.63, 3.8) is 0 Å². The summed E-state index contributed by atoms with van der Waals surface area (Å²) >= 11 is 0. The number of hydrogen-bond donors (Lipinski definition) is 0. The average Bonchev–Trinajstić information content (AvgIpc) is 2.71. The Hall–Kier alpha value is -3.58. The van der Waals surface area contributed by atoms with E-state index in [1.165, 1.54) is 0 Å². The minimum Gasteiger partial charge on any atom is -0.484 e. The van der Waals surface area contributed by atoms with Crippen LogP contribution in [-0.4, -0.2) is 12.5 Å². The average molecular weight is 356 g/mol. The highest BCUT2D eigenvalue weighted by molar-refractivity contribution is 5.94. The third kappa shape index (κ3) is 4.96. The maximum Gasteiger partial charge on any atom is 0.265 e. The lowest BCUT2D eigenvalue weighted by molar-refractivity contribution is -0.120. The van der Waals surface area contributed by atoms with E-state index >= 15 is 0 Å². The molecule has 0 saturated carbocycles. The molecule has 0 aliphatic carbocycles. The monoisotopic (exact) mass is 356 g/mol. The molecule has 0 spiro atoms. The van der Waals surface area contributed by atoms with Gasteiger partial charge in [0.05, 0.1) is 18.2 Å². The molecule has 4 heteroatoms. The third-order valence-electron chi connectivity index (χ3n) is 4.14. The van der Waals surface area contributed by atoms with Gasteiger partial charge in [-0.3, -0.25) is 4.79 Å². The summed E-state index contributed by atoms with van der Waals surface area (Å²) in [7, 11) is 0. The fourth-order valence-corrected chi connectivity index (χ4v) is 2.73. The SMILES string of the molecule is Cc1cccc(N(Cc2ccccc2)C(=O)COc2ccc(C#N)cc2)c1. The van der Waals surface area contributed by atoms with Crippen molar-refractivity contribution in [2.75, 3.05) is 11.5 Å². The van der Waals surface area contributed by atoms with Crippen molar-refractivity contribution < 1.29 is 9.53 Å². The van der Waals surface area contributed by atoms with Crippen molar-refractivity contribution in [1.29, 1.82) is 5.26 Å². The van der Waals surface area contributed by atoms with Crippen molar-refractivity contribution in [3.05, 3.63) is 95.6 Å². The summed E-state index contributed by atoms with van der Waals surface area (Å²) in [5, 5.41) is 8.86. The number of hydrogen-bond acceptors (Lipinski definition) is 3. The second kappa shape index (κ2) is 8.68. The summed E-state index contributed by atoms with van der Waals surface area (Å²) in [5.41, 5.74) is 3.53. The quantitative estimate of drug-likeness (QED) is 0.654. The molecule has 0 radical (unpaired) electrons. The molecule has 0 aliphatic heterocycles. The Morgan fingerprint density at radius 1 is 1.00 bits per heavy atom. The predicted octanol–water partition coefficient (Wildman–Crippen LogP) is 4.48. The van der Waals surface area contributed by atoms with Crippen molar-refractivity contribution in [2.45, 2.75) is 13.5 Å². The summed E-state index contributed by atoms with van der Waals surface area (Å²) in [4.78, 5) is 14.6. The molecule has 0 unspecified atom stereocenters. The molecule has 4 nitrogen and oxygen atoms in total. The predicted molar refractivity (Wildman–Crippen MR) is 105 cm³/mol. The molecule has 0 N–H and O–H groups in total. The van der Waals surface area contributed by atoms with Crippen molar-refractivity contribution in [1.82, 2.24) is 0 Å². The lowest BCUT2D eigenvalue weighted by Gasteiger charge is -2.23. The number of benzene rings is 3. The van der Waals surface area contributed by atoms with Crippen LogP contribution < -0.4 is 9.64 Å². The fraction of sp³-hybridized carbons (Fsp3) is 0.130. The van der Waals surface area contributed by atoms with E-state index in [-0.39, 0.29) is 12.5 Å². The smallest absolute Gasteiger partial charge is 0.265 e. The molecule has 1 amide bonds. The van der Waals surface area contributed by atoms with Crippen LogP contribution in [0.3, 0.4) is 0 Å². The van der Waals surface area contributed by atoms with E-state index in [1.54, 1.807) is 29.2 Å². The van der Waals surface area contributed by atoms with Crippen LogP contribution in [0.5, 0.6) is 5.75 Å². The third-order valence-corrected chi connectivity index (χ3v) is 4.14. The van der Waals surface area contributed by atoms with E-state index in [9.17, 15) is 4.79 Å². The zero-order valence-corrected chi connectivity index (χ0v) is 15.1. The van der Waals surface area contributed by atoms with E-state index in [0.717, 1.165) is 16.8 Å². The van der Waals surface area contributed by atoms with Gasteiger partial charge in [-0.2, -0.15) is 5.26 Å². The van der Waals surface area contributed by atoms with Gasteiger partial charge in [0.1, 0.15) is 5.75 Å². The molecule has 27 heavy (non-hydrogen) atoms. The largest absolute Gasteiger partial charge is 0.484 e. The van der Waals surface area contributed by atoms with E-state index in [0.29, 0.717) is 17.9 Å². The first-order chi connectivity index (χ1) is 13.2. The zero-order chi connectivity index (χ0) is 19.1. The number of aryl methyl sites for hydroxylation is 1. The summed E-state index contributed by atoms with van der Waals surface area (Å²) < 4.78 is 5.64. The number of amides is 1. The van der Waals surface area contributed by atoms with Gasteiger partial charge in [0.2, 0.25) is 0 Å². The number of carbonyl (C=O) groups is 1. The number of anilines is 1. The molecule has 3 rings (SSSR count). The van der Waals surface area contributed by atoms with E-state index < -0.39 is 0 Å². The maximum atomic E-state index is 12.9. The second-order valence-corrected chi connectivity index (χ2v) is 6.23. The highest BCUT2D eigenvalue weighted by atomic mass is 16.5. The first-order valence-electron chi connectivity index (χ1n) is 8.69. The summed E-state index contributed by atoms with van der Waals surface area (Å²) in [6.07, 6.45) is 0. The molecular formula is C23H20N2O2. The summed E-state index contributed by atoms with van der Waals surface area (Å²) in [6, 6.07) is 26.5. The molecule has 134 valence electrons. The van der Waals surface area contributed by atoms with Crippen LogP contribution in [0.15, 0.2) is 78.9 Å². The first-order valence-corrected chi connectivity index (χ1v) is 8.69. The highest BCUT2D eigenvalue weighted by Gasteiger charge is 2.17. The Bertz CT molecular complexity index is 944. The second-order valence-electron chi connectivity index (χ2n) is 6.23. The normalized spacial score (nSPS) is 10.1. The number of nitriles is 1. The Morgan fingerprint density at radius 3 is 2.41 bits per heavy atom. The molecule has 3 aromatic rings. The van der Waals surface area contributed by atoms with Crippen LogP contribution in [0.25, 0.3) is 0 Å². The Morgan fingerprint density at radius 2 is 1.74 bits per heavy atom. The van der Waals surface area contributed by atoms with Gasteiger partial charge in [0.25, 0.3) is 5.91 Å². The van der Waals surface area contributed by atoms with Crippen LogP contribution in [0.2, 0.25) is 0 Å². The number of carbonyl (C=O) groups excluding carboxylic acids is 1. The van der Waals surface area contributed by atoms with Crippen LogP contribution in [0.1, 0.15) is 16.7 Å². The Kier molecular flexibility index (Phi) is 5.86. The topological polar surface area (TPSA) is 53.3 Å². The van der Waals surface area contributed by atoms with Crippen LogP contribution in [0, 0.1) is 18.3 Å². The molecular weight excluding hydrogens is 336 g/mol. The van der Waals surface area contributed by atoms with Crippen molar-refractivity contribution in [2.24, 2.45) is 0 Å². The Balaban J connectivity index is 1.76. The standard InChI is InChI=1S/C23H20N2O2/c1-18-6-5-9-21(14-18)25(16-20-7-3-2-4-8-20)23(26)17-27-22-12-10-19(15-24)11-13-22/h2-14H,16-17H2,1H3. The first kappa shape index (κ1) is 18.2. The Labute approximate surface area is 159 Å². The lowest BCUT2D eigenvalue weighted by Crippen LogP contribution is -2.34. The molecule has 0 bridgehead atoms. The van der Waals surface area contributed by atoms with Gasteiger partial charge in [0.15, 0.2) is 6.61 Å². The van der Waals surface area contributed by atoms with Crippen LogP contribution in [-0.2, 0) is 11.3 Å². The molecule has 0 heterocycles. The molecule has 0 atom stereocenters. The minimum absolute atomic E-state index is 0.0767. The van der Waals surface area contributed by atoms with Gasteiger partial charge in [-0.25, -0.2) is 0 Å². The molecule has 3 aromatic carbocycles. The van der Waals surface area contributed by atoms with Gasteiger partial charge in [-0.05, 0) is 54.4 Å². The summed E-state index contributed by atoms with van der Waals surface area (Å²) in [6.45, 7) is 2.40. The molecule has 0 saturated heterocycles. The molecule has 0 fully saturated rings. The van der Waals surface area contributed by atoms with E-state index in [4.69, 9.17) is 10.00 Å². The van der Waals surface area contributed by atoms with Gasteiger partial charge >= 0.3 is 0 Å². The van der Waals surface area contributed by atoms with Gasteiger partial charge in [-0.15, -0.1) is 0 Å².